The van der Waals surface area contributed by atoms with Gasteiger partial charge in [0, 0.05) is 5.56 Å². The standard InChI is InChI=1S/C11H15NO3/c1-13-10-5-8(2-3-12)4-9-6-14-7-15-11(9)10/h4-5H,2-3,6-7,12H2,1H3. The molecule has 0 saturated heterocycles. The fourth-order valence-corrected chi connectivity index (χ4v) is 1.71. The van der Waals surface area contributed by atoms with Gasteiger partial charge in [-0.05, 0) is 30.7 Å². The smallest absolute Gasteiger partial charge is 0.189 e. The van der Waals surface area contributed by atoms with Gasteiger partial charge in [-0.3, -0.25) is 0 Å². The Morgan fingerprint density at radius 1 is 1.47 bits per heavy atom. The highest BCUT2D eigenvalue weighted by atomic mass is 16.7. The third-order valence-corrected chi connectivity index (χ3v) is 2.39. The highest BCUT2D eigenvalue weighted by Gasteiger charge is 2.16. The Labute approximate surface area is 88.9 Å². The number of methoxy groups -OCH3 is 1. The lowest BCUT2D eigenvalue weighted by molar-refractivity contribution is -0.0180. The van der Waals surface area contributed by atoms with E-state index in [0.29, 0.717) is 19.9 Å². The minimum atomic E-state index is 0.291. The number of rotatable bonds is 3. The number of benzene rings is 1. The first-order valence-corrected chi connectivity index (χ1v) is 4.95. The lowest BCUT2D eigenvalue weighted by atomic mass is 10.1. The van der Waals surface area contributed by atoms with Crippen molar-refractivity contribution in [2.75, 3.05) is 20.4 Å². The molecule has 0 amide bonds. The number of nitrogens with two attached hydrogens (primary N) is 1. The van der Waals surface area contributed by atoms with Crippen LogP contribution in [-0.2, 0) is 17.8 Å². The number of ether oxygens (including phenoxy) is 3. The summed E-state index contributed by atoms with van der Waals surface area (Å²) in [5, 5.41) is 0. The molecule has 0 fully saturated rings. The van der Waals surface area contributed by atoms with Crippen LogP contribution >= 0.6 is 0 Å². The summed E-state index contributed by atoms with van der Waals surface area (Å²) in [4.78, 5) is 0. The van der Waals surface area contributed by atoms with Gasteiger partial charge in [-0.2, -0.15) is 0 Å². The van der Waals surface area contributed by atoms with E-state index in [1.54, 1.807) is 7.11 Å². The Kier molecular flexibility index (Phi) is 3.08. The second-order valence-corrected chi connectivity index (χ2v) is 3.44. The van der Waals surface area contributed by atoms with Crippen LogP contribution < -0.4 is 15.2 Å². The van der Waals surface area contributed by atoms with E-state index in [1.165, 1.54) is 0 Å². The maximum Gasteiger partial charge on any atom is 0.189 e. The molecule has 0 unspecified atom stereocenters. The normalized spacial score (nSPS) is 14.3. The average molecular weight is 209 g/mol. The first kappa shape index (κ1) is 10.3. The van der Waals surface area contributed by atoms with Crippen molar-refractivity contribution in [1.82, 2.24) is 0 Å². The maximum atomic E-state index is 5.52. The van der Waals surface area contributed by atoms with Gasteiger partial charge in [0.25, 0.3) is 0 Å². The summed E-state index contributed by atoms with van der Waals surface area (Å²) in [6.45, 7) is 1.49. The first-order valence-electron chi connectivity index (χ1n) is 4.95. The summed E-state index contributed by atoms with van der Waals surface area (Å²) in [7, 11) is 1.64. The Hall–Kier alpha value is -1.26. The van der Waals surface area contributed by atoms with Crippen molar-refractivity contribution in [2.45, 2.75) is 13.0 Å². The lowest BCUT2D eigenvalue weighted by Gasteiger charge is -2.21. The summed E-state index contributed by atoms with van der Waals surface area (Å²) in [6, 6.07) is 4.03. The zero-order valence-electron chi connectivity index (χ0n) is 8.79. The quantitative estimate of drug-likeness (QED) is 0.808. The van der Waals surface area contributed by atoms with Gasteiger partial charge in [-0.25, -0.2) is 0 Å². The predicted octanol–water partition coefficient (Wildman–Crippen LogP) is 1.06. The Morgan fingerprint density at radius 3 is 3.07 bits per heavy atom. The van der Waals surface area contributed by atoms with Crippen molar-refractivity contribution in [3.63, 3.8) is 0 Å². The molecule has 82 valence electrons. The fourth-order valence-electron chi connectivity index (χ4n) is 1.71. The summed E-state index contributed by atoms with van der Waals surface area (Å²) in [5.41, 5.74) is 7.71. The third-order valence-electron chi connectivity index (χ3n) is 2.39. The molecule has 1 aromatic carbocycles. The molecule has 1 aliphatic heterocycles. The molecule has 0 aromatic heterocycles. The SMILES string of the molecule is COc1cc(CCN)cc2c1OCOC2. The highest BCUT2D eigenvalue weighted by Crippen LogP contribution is 2.35. The van der Waals surface area contributed by atoms with Gasteiger partial charge in [-0.15, -0.1) is 0 Å². The van der Waals surface area contributed by atoms with Gasteiger partial charge in [0.05, 0.1) is 13.7 Å². The predicted molar refractivity (Wildman–Crippen MR) is 56.0 cm³/mol. The van der Waals surface area contributed by atoms with E-state index in [1.807, 2.05) is 6.07 Å². The second kappa shape index (κ2) is 4.51. The molecular formula is C11H15NO3. The van der Waals surface area contributed by atoms with Crippen LogP contribution in [0, 0.1) is 0 Å². The molecule has 0 spiro atoms. The van der Waals surface area contributed by atoms with Crippen molar-refractivity contribution < 1.29 is 14.2 Å². The molecule has 0 atom stereocenters. The fraction of sp³-hybridized carbons (Fsp3) is 0.455. The van der Waals surface area contributed by atoms with Crippen LogP contribution in [0.2, 0.25) is 0 Å². The summed E-state index contributed by atoms with van der Waals surface area (Å²) >= 11 is 0. The van der Waals surface area contributed by atoms with E-state index in [0.717, 1.165) is 29.0 Å². The van der Waals surface area contributed by atoms with Crippen LogP contribution in [0.1, 0.15) is 11.1 Å². The van der Waals surface area contributed by atoms with E-state index >= 15 is 0 Å². The lowest BCUT2D eigenvalue weighted by Crippen LogP contribution is -2.13. The molecule has 1 heterocycles. The van der Waals surface area contributed by atoms with Crippen molar-refractivity contribution in [2.24, 2.45) is 5.73 Å². The van der Waals surface area contributed by atoms with Gasteiger partial charge in [0.15, 0.2) is 18.3 Å². The zero-order chi connectivity index (χ0) is 10.7. The van der Waals surface area contributed by atoms with Crippen LogP contribution in [-0.4, -0.2) is 20.4 Å². The van der Waals surface area contributed by atoms with Gasteiger partial charge < -0.3 is 19.9 Å². The molecule has 4 nitrogen and oxygen atoms in total. The largest absolute Gasteiger partial charge is 0.493 e. The molecule has 0 radical (unpaired) electrons. The third kappa shape index (κ3) is 2.06. The summed E-state index contributed by atoms with van der Waals surface area (Å²) in [5.74, 6) is 1.56. The van der Waals surface area contributed by atoms with Crippen LogP contribution in [0.4, 0.5) is 0 Å². The van der Waals surface area contributed by atoms with Crippen LogP contribution in [0.3, 0.4) is 0 Å². The minimum absolute atomic E-state index is 0.291. The van der Waals surface area contributed by atoms with Crippen molar-refractivity contribution in [3.05, 3.63) is 23.3 Å². The highest BCUT2D eigenvalue weighted by molar-refractivity contribution is 5.49. The van der Waals surface area contributed by atoms with Gasteiger partial charge in [-0.1, -0.05) is 0 Å². The molecule has 0 bridgehead atoms. The molecule has 1 aromatic rings. The van der Waals surface area contributed by atoms with E-state index in [9.17, 15) is 0 Å². The molecule has 1 aliphatic rings. The van der Waals surface area contributed by atoms with Crippen LogP contribution in [0.25, 0.3) is 0 Å². The zero-order valence-corrected chi connectivity index (χ0v) is 8.79. The average Bonchev–Trinajstić information content (AvgIpc) is 2.28. The summed E-state index contributed by atoms with van der Waals surface area (Å²) < 4.78 is 15.9. The molecular weight excluding hydrogens is 194 g/mol. The molecule has 2 N–H and O–H groups in total. The first-order chi connectivity index (χ1) is 7.35. The topological polar surface area (TPSA) is 53.7 Å². The minimum Gasteiger partial charge on any atom is -0.493 e. The number of fused-ring (bicyclic) bond motifs is 1. The van der Waals surface area contributed by atoms with Crippen molar-refractivity contribution >= 4 is 0 Å². The molecule has 15 heavy (non-hydrogen) atoms. The maximum absolute atomic E-state index is 5.52. The number of hydrogen-bond acceptors (Lipinski definition) is 4. The molecule has 2 rings (SSSR count). The van der Waals surface area contributed by atoms with Crippen LogP contribution in [0.5, 0.6) is 11.5 Å². The second-order valence-electron chi connectivity index (χ2n) is 3.44. The van der Waals surface area contributed by atoms with Crippen LogP contribution in [0.15, 0.2) is 12.1 Å². The number of hydrogen-bond donors (Lipinski definition) is 1. The van der Waals surface area contributed by atoms with Gasteiger partial charge in [0.2, 0.25) is 0 Å². The Morgan fingerprint density at radius 2 is 2.33 bits per heavy atom. The van der Waals surface area contributed by atoms with E-state index in [4.69, 9.17) is 19.9 Å². The van der Waals surface area contributed by atoms with E-state index in [-0.39, 0.29) is 0 Å². The Balaban J connectivity index is 2.38. The molecule has 4 heteroatoms. The monoisotopic (exact) mass is 209 g/mol. The van der Waals surface area contributed by atoms with E-state index < -0.39 is 0 Å². The summed E-state index contributed by atoms with van der Waals surface area (Å²) in [6.07, 6.45) is 0.837. The molecule has 0 aliphatic carbocycles. The van der Waals surface area contributed by atoms with E-state index in [2.05, 4.69) is 6.07 Å². The van der Waals surface area contributed by atoms with Gasteiger partial charge in [0.1, 0.15) is 0 Å². The van der Waals surface area contributed by atoms with Crippen molar-refractivity contribution in [1.29, 1.82) is 0 Å². The Bertz CT molecular complexity index is 335. The van der Waals surface area contributed by atoms with Gasteiger partial charge >= 0.3 is 0 Å². The van der Waals surface area contributed by atoms with Crippen molar-refractivity contribution in [3.8, 4) is 11.5 Å². The molecule has 0 saturated carbocycles.